The number of hydrogen-bond donors (Lipinski definition) is 0. The Kier molecular flexibility index (Phi) is 7.99. The number of allylic oxidation sites excluding steroid dienone is 1. The molecule has 1 aliphatic rings. The first-order valence-electron chi connectivity index (χ1n) is 8.35. The zero-order valence-electron chi connectivity index (χ0n) is 14.5. The van der Waals surface area contributed by atoms with Crippen molar-refractivity contribution in [2.75, 3.05) is 12.3 Å². The standard InChI is InChI=1S/C17H20N4O2S2.ClH/c1-2-3-6-13-15(22)21(17(23)25-13)10-4-5-12-24-16-19-8-7-14-18-9-11-20(14)16;/h6-9,11H,2-5,10,12H2,1H3;1H/b13-6+;. The van der Waals surface area contributed by atoms with E-state index in [-0.39, 0.29) is 23.6 Å². The van der Waals surface area contributed by atoms with Crippen LogP contribution in [0.15, 0.2) is 40.8 Å². The fourth-order valence-corrected chi connectivity index (χ4v) is 4.31. The van der Waals surface area contributed by atoms with Gasteiger partial charge in [0.1, 0.15) is 5.65 Å². The summed E-state index contributed by atoms with van der Waals surface area (Å²) in [6.07, 6.45) is 10.8. The van der Waals surface area contributed by atoms with Crippen LogP contribution >= 0.6 is 35.9 Å². The van der Waals surface area contributed by atoms with Crippen LogP contribution in [0.2, 0.25) is 0 Å². The summed E-state index contributed by atoms with van der Waals surface area (Å²) in [5.74, 6) is 0.743. The van der Waals surface area contributed by atoms with E-state index < -0.39 is 0 Å². The largest absolute Gasteiger partial charge is 0.293 e. The maximum atomic E-state index is 12.2. The lowest BCUT2D eigenvalue weighted by Gasteiger charge is -2.11. The highest BCUT2D eigenvalue weighted by molar-refractivity contribution is 8.18. The summed E-state index contributed by atoms with van der Waals surface area (Å²) < 4.78 is 1.96. The Morgan fingerprint density at radius 3 is 2.88 bits per heavy atom. The maximum Gasteiger partial charge on any atom is 0.293 e. The lowest BCUT2D eigenvalue weighted by Crippen LogP contribution is -2.29. The van der Waals surface area contributed by atoms with Gasteiger partial charge in [0.25, 0.3) is 11.1 Å². The lowest BCUT2D eigenvalue weighted by atomic mass is 10.3. The average molecular weight is 413 g/mol. The summed E-state index contributed by atoms with van der Waals surface area (Å²) in [7, 11) is 0. The van der Waals surface area contributed by atoms with Gasteiger partial charge in [0, 0.05) is 30.9 Å². The van der Waals surface area contributed by atoms with E-state index in [1.54, 1.807) is 24.2 Å². The molecule has 0 atom stereocenters. The van der Waals surface area contributed by atoms with Crippen LogP contribution in [0.3, 0.4) is 0 Å². The van der Waals surface area contributed by atoms with E-state index in [1.807, 2.05) is 22.7 Å². The minimum atomic E-state index is -0.148. The molecule has 26 heavy (non-hydrogen) atoms. The van der Waals surface area contributed by atoms with Crippen LogP contribution in [0.25, 0.3) is 5.65 Å². The molecule has 2 aromatic rings. The Morgan fingerprint density at radius 2 is 2.08 bits per heavy atom. The van der Waals surface area contributed by atoms with Crippen LogP contribution in [0.4, 0.5) is 4.79 Å². The summed E-state index contributed by atoms with van der Waals surface area (Å²) in [6, 6.07) is 1.87. The molecular formula is C17H21ClN4O2S2. The predicted molar refractivity (Wildman–Crippen MR) is 108 cm³/mol. The Bertz CT molecular complexity index is 809. The van der Waals surface area contributed by atoms with Gasteiger partial charge in [-0.3, -0.25) is 18.9 Å². The third-order valence-corrected chi connectivity index (χ3v) is 5.79. The SMILES string of the molecule is CCC/C=C1/SC(=O)N(CCCCSc2nccc3nccn23)C1=O.Cl. The number of fused-ring (bicyclic) bond motifs is 1. The van der Waals surface area contributed by atoms with Gasteiger partial charge in [-0.2, -0.15) is 0 Å². The Labute approximate surface area is 167 Å². The number of carbonyl (C=O) groups excluding carboxylic acids is 2. The fourth-order valence-electron chi connectivity index (χ4n) is 2.48. The summed E-state index contributed by atoms with van der Waals surface area (Å²) in [4.78, 5) is 34.7. The van der Waals surface area contributed by atoms with Crippen LogP contribution < -0.4 is 0 Å². The molecule has 0 unspecified atom stereocenters. The van der Waals surface area contributed by atoms with Crippen molar-refractivity contribution in [2.45, 2.75) is 37.8 Å². The molecule has 0 N–H and O–H groups in total. The molecule has 140 valence electrons. The van der Waals surface area contributed by atoms with Crippen LogP contribution in [0, 0.1) is 0 Å². The highest BCUT2D eigenvalue weighted by Gasteiger charge is 2.34. The monoisotopic (exact) mass is 412 g/mol. The van der Waals surface area contributed by atoms with Crippen molar-refractivity contribution in [3.05, 3.63) is 35.6 Å². The minimum absolute atomic E-state index is 0. The van der Waals surface area contributed by atoms with Gasteiger partial charge in [0.2, 0.25) is 0 Å². The molecular weight excluding hydrogens is 392 g/mol. The molecule has 0 aromatic carbocycles. The molecule has 2 amide bonds. The topological polar surface area (TPSA) is 67.6 Å². The van der Waals surface area contributed by atoms with Crippen molar-refractivity contribution in [3.8, 4) is 0 Å². The van der Waals surface area contributed by atoms with Gasteiger partial charge >= 0.3 is 0 Å². The minimum Gasteiger partial charge on any atom is -0.279 e. The molecule has 0 radical (unpaired) electrons. The number of unbranched alkanes of at least 4 members (excludes halogenated alkanes) is 2. The Balaban J connectivity index is 0.00000243. The number of carbonyl (C=O) groups is 2. The van der Waals surface area contributed by atoms with Gasteiger partial charge in [-0.05, 0) is 37.1 Å². The van der Waals surface area contributed by atoms with E-state index in [9.17, 15) is 9.59 Å². The molecule has 9 heteroatoms. The van der Waals surface area contributed by atoms with Crippen molar-refractivity contribution in [1.29, 1.82) is 0 Å². The molecule has 1 aliphatic heterocycles. The number of aromatic nitrogens is 3. The summed E-state index contributed by atoms with van der Waals surface area (Å²) in [5, 5.41) is 0.758. The van der Waals surface area contributed by atoms with Gasteiger partial charge in [0.15, 0.2) is 5.16 Å². The summed E-state index contributed by atoms with van der Waals surface area (Å²) in [6.45, 7) is 2.54. The zero-order chi connectivity index (χ0) is 17.6. The number of imide groups is 1. The molecule has 3 heterocycles. The first kappa shape index (κ1) is 20.8. The van der Waals surface area contributed by atoms with Crippen molar-refractivity contribution in [1.82, 2.24) is 19.3 Å². The van der Waals surface area contributed by atoms with E-state index in [4.69, 9.17) is 0 Å². The highest BCUT2D eigenvalue weighted by atomic mass is 35.5. The van der Waals surface area contributed by atoms with Gasteiger partial charge in [-0.15, -0.1) is 12.4 Å². The molecule has 0 aliphatic carbocycles. The second kappa shape index (κ2) is 9.99. The summed E-state index contributed by atoms with van der Waals surface area (Å²) in [5.41, 5.74) is 0.884. The highest BCUT2D eigenvalue weighted by Crippen LogP contribution is 2.31. The molecule has 1 saturated heterocycles. The van der Waals surface area contributed by atoms with E-state index in [1.165, 1.54) is 4.90 Å². The number of nitrogens with zero attached hydrogens (tertiary/aromatic N) is 4. The van der Waals surface area contributed by atoms with Gasteiger partial charge in [-0.1, -0.05) is 31.2 Å². The molecule has 2 aromatic heterocycles. The first-order chi connectivity index (χ1) is 12.2. The van der Waals surface area contributed by atoms with Crippen LogP contribution in [-0.2, 0) is 4.79 Å². The van der Waals surface area contributed by atoms with Crippen molar-refractivity contribution in [2.24, 2.45) is 0 Å². The third kappa shape index (κ3) is 4.81. The van der Waals surface area contributed by atoms with Crippen LogP contribution in [0.5, 0.6) is 0 Å². The number of thioether (sulfide) groups is 2. The van der Waals surface area contributed by atoms with Gasteiger partial charge in [0.05, 0.1) is 4.91 Å². The molecule has 1 fully saturated rings. The van der Waals surface area contributed by atoms with Crippen molar-refractivity contribution in [3.63, 3.8) is 0 Å². The Morgan fingerprint density at radius 1 is 1.23 bits per heavy atom. The van der Waals surface area contributed by atoms with Gasteiger partial charge < -0.3 is 0 Å². The molecule has 0 bridgehead atoms. The lowest BCUT2D eigenvalue weighted by molar-refractivity contribution is -0.122. The van der Waals surface area contributed by atoms with Gasteiger partial charge in [-0.25, -0.2) is 9.97 Å². The number of amides is 2. The number of imidazole rings is 1. The normalized spacial score (nSPS) is 15.9. The van der Waals surface area contributed by atoms with Crippen LogP contribution in [0.1, 0.15) is 32.6 Å². The van der Waals surface area contributed by atoms with Crippen LogP contribution in [-0.4, -0.2) is 42.7 Å². The second-order valence-corrected chi connectivity index (χ2v) is 7.68. The molecule has 6 nitrogen and oxygen atoms in total. The van der Waals surface area contributed by atoms with E-state index >= 15 is 0 Å². The quantitative estimate of drug-likeness (QED) is 0.277. The average Bonchev–Trinajstić information content (AvgIpc) is 3.19. The molecule has 3 rings (SSSR count). The first-order valence-corrected chi connectivity index (χ1v) is 10.2. The molecule has 0 saturated carbocycles. The zero-order valence-corrected chi connectivity index (χ0v) is 16.9. The predicted octanol–water partition coefficient (Wildman–Crippen LogP) is 4.40. The van der Waals surface area contributed by atoms with Crippen molar-refractivity contribution >= 4 is 52.7 Å². The van der Waals surface area contributed by atoms with E-state index in [0.29, 0.717) is 11.4 Å². The summed E-state index contributed by atoms with van der Waals surface area (Å²) >= 11 is 2.72. The fraction of sp³-hybridized carbons (Fsp3) is 0.412. The van der Waals surface area contributed by atoms with E-state index in [2.05, 4.69) is 16.9 Å². The Hall–Kier alpha value is -1.51. The maximum absolute atomic E-state index is 12.2. The second-order valence-electron chi connectivity index (χ2n) is 5.62. The van der Waals surface area contributed by atoms with E-state index in [0.717, 1.165) is 54.0 Å². The molecule has 0 spiro atoms. The smallest absolute Gasteiger partial charge is 0.279 e. The number of halogens is 1. The van der Waals surface area contributed by atoms with Crippen molar-refractivity contribution < 1.29 is 9.59 Å². The number of hydrogen-bond acceptors (Lipinski definition) is 6. The number of rotatable bonds is 8. The third-order valence-electron chi connectivity index (χ3n) is 3.78.